The standard InChI is InChI=1S/C18H20O3S.C17H17BrO3S.C17H17ClO3S.C17H17FO3S.C17H17IO3S.C17H18O3S/c1-12-8-9-16(14(3)10-12)20-11-15-13(2)6-5-7-17(15)21-18(19)22-4;4*1-11-7-8-15(12(2)9-11)20-10-13-14(18)5-4-6-16(13)21-17(19)22-3;1-12-8-9-15(13(2)10-12)19-11-14-6-4-5-7-16(14)20-17(18)21-3/h5-10H,11H2,1-4H3;4*4-9H,10H2,1-3H3;4-10H,11H2,1-3H3. The van der Waals surface area contributed by atoms with Crippen molar-refractivity contribution in [1.29, 1.82) is 0 Å². The van der Waals surface area contributed by atoms with Crippen molar-refractivity contribution in [3.63, 3.8) is 0 Å². The lowest BCUT2D eigenvalue weighted by Crippen LogP contribution is -2.07. The van der Waals surface area contributed by atoms with Gasteiger partial charge >= 0.3 is 31.8 Å². The molecule has 0 aromatic heterocycles. The van der Waals surface area contributed by atoms with Crippen molar-refractivity contribution >= 4 is 153 Å². The monoisotopic (exact) mass is 2080 g/mol. The van der Waals surface area contributed by atoms with Crippen LogP contribution in [0.15, 0.2) is 229 Å². The molecule has 0 N–H and O–H groups in total. The van der Waals surface area contributed by atoms with Gasteiger partial charge < -0.3 is 56.8 Å². The van der Waals surface area contributed by atoms with Gasteiger partial charge in [0.25, 0.3) is 0 Å². The number of carbonyl (C=O) groups is 6. The Morgan fingerprint density at radius 1 is 0.275 bits per heavy atom. The Hall–Kier alpha value is -10.2. The van der Waals surface area contributed by atoms with E-state index in [0.717, 1.165) is 174 Å². The lowest BCUT2D eigenvalue weighted by Gasteiger charge is -2.14. The van der Waals surface area contributed by atoms with Gasteiger partial charge in [-0.3, -0.25) is 0 Å². The molecule has 0 radical (unpaired) electrons. The molecule has 0 saturated carbocycles. The Labute approximate surface area is 820 Å². The minimum Gasteiger partial charge on any atom is -0.488 e. The summed E-state index contributed by atoms with van der Waals surface area (Å²) in [5.74, 6) is 7.12. The van der Waals surface area contributed by atoms with Crippen LogP contribution in [0.2, 0.25) is 5.02 Å². The summed E-state index contributed by atoms with van der Waals surface area (Å²) in [6, 6.07) is 69.7. The first-order valence-electron chi connectivity index (χ1n) is 40.7. The summed E-state index contributed by atoms with van der Waals surface area (Å²) in [7, 11) is 0. The number of ether oxygens (including phenoxy) is 12. The third-order valence-electron chi connectivity index (χ3n) is 19.0. The second-order valence-electron chi connectivity index (χ2n) is 29.2. The lowest BCUT2D eigenvalue weighted by molar-refractivity contribution is 0.223. The predicted octanol–water partition coefficient (Wildman–Crippen LogP) is 30.9. The molecule has 18 nitrogen and oxygen atoms in total. The number of hydrogen-bond donors (Lipinski definition) is 0. The fourth-order valence-electron chi connectivity index (χ4n) is 12.2. The number of aryl methyl sites for hydroxylation is 13. The molecule has 0 saturated heterocycles. The molecule has 0 aliphatic carbocycles. The molecule has 0 spiro atoms. The van der Waals surface area contributed by atoms with Crippen molar-refractivity contribution in [2.24, 2.45) is 0 Å². The molecular formula is C103H106BrClFIO18S6. The maximum atomic E-state index is 14.0. The van der Waals surface area contributed by atoms with E-state index in [4.69, 9.17) is 68.4 Å². The van der Waals surface area contributed by atoms with Crippen molar-refractivity contribution in [3.8, 4) is 69.0 Å². The molecule has 0 unspecified atom stereocenters. The molecule has 12 aromatic carbocycles. The van der Waals surface area contributed by atoms with Crippen molar-refractivity contribution < 1.29 is 90.0 Å². The van der Waals surface area contributed by atoms with Gasteiger partial charge in [0.15, 0.2) is 0 Å². The second kappa shape index (κ2) is 56.0. The Morgan fingerprint density at radius 2 is 0.534 bits per heavy atom. The van der Waals surface area contributed by atoms with E-state index in [2.05, 4.69) is 82.7 Å². The zero-order valence-corrected chi connectivity index (χ0v) is 85.8. The third-order valence-corrected chi connectivity index (χ3v) is 23.6. The van der Waals surface area contributed by atoms with E-state index in [1.165, 1.54) is 39.9 Å². The van der Waals surface area contributed by atoms with Crippen LogP contribution in [-0.2, 0) is 39.6 Å². The number of para-hydroxylation sites is 1. The first-order chi connectivity index (χ1) is 62.6. The summed E-state index contributed by atoms with van der Waals surface area (Å²) in [6.45, 7) is 27.8. The molecule has 28 heteroatoms. The second-order valence-corrected chi connectivity index (χ2v) is 36.1. The molecule has 131 heavy (non-hydrogen) atoms. The highest BCUT2D eigenvalue weighted by Crippen LogP contribution is 2.36. The van der Waals surface area contributed by atoms with Crippen LogP contribution in [0.25, 0.3) is 0 Å². The summed E-state index contributed by atoms with van der Waals surface area (Å²) in [4.78, 5) is 68.8. The number of thioether (sulfide) groups is 6. The number of halogens is 4. The highest BCUT2D eigenvalue weighted by Gasteiger charge is 2.21. The molecule has 0 aliphatic rings. The smallest absolute Gasteiger partial charge is 0.372 e. The molecule has 690 valence electrons. The number of hydrogen-bond acceptors (Lipinski definition) is 24. The molecule has 12 rings (SSSR count). The minimum absolute atomic E-state index is 0.00638. The minimum atomic E-state index is -0.488. The van der Waals surface area contributed by atoms with Crippen LogP contribution < -0.4 is 56.8 Å². The summed E-state index contributed by atoms with van der Waals surface area (Å²) >= 11 is 18.0. The van der Waals surface area contributed by atoms with Crippen LogP contribution in [0.4, 0.5) is 33.2 Å². The molecule has 0 heterocycles. The van der Waals surface area contributed by atoms with Crippen LogP contribution >= 0.6 is 121 Å². The van der Waals surface area contributed by atoms with Crippen LogP contribution in [0, 0.1) is 99.4 Å². The van der Waals surface area contributed by atoms with Crippen molar-refractivity contribution in [2.45, 2.75) is 130 Å². The van der Waals surface area contributed by atoms with E-state index in [1.54, 1.807) is 86.1 Å². The maximum Gasteiger partial charge on any atom is 0.372 e. The molecule has 12 aromatic rings. The predicted molar refractivity (Wildman–Crippen MR) is 547 cm³/mol. The van der Waals surface area contributed by atoms with E-state index in [1.807, 2.05) is 210 Å². The van der Waals surface area contributed by atoms with Crippen molar-refractivity contribution in [3.05, 3.63) is 349 Å². The van der Waals surface area contributed by atoms with Gasteiger partial charge in [-0.05, 0) is 357 Å². The van der Waals surface area contributed by atoms with E-state index in [-0.39, 0.29) is 51.0 Å². The summed E-state index contributed by atoms with van der Waals surface area (Å²) in [6.07, 6.45) is 10.0. The van der Waals surface area contributed by atoms with Crippen LogP contribution in [-0.4, -0.2) is 69.3 Å². The van der Waals surface area contributed by atoms with E-state index >= 15 is 0 Å². The van der Waals surface area contributed by atoms with Gasteiger partial charge in [-0.1, -0.05) is 188 Å². The van der Waals surface area contributed by atoms with Crippen molar-refractivity contribution in [2.75, 3.05) is 37.5 Å². The first kappa shape index (κ1) is 108. The zero-order chi connectivity index (χ0) is 95.8. The van der Waals surface area contributed by atoms with Gasteiger partial charge in [-0.15, -0.1) is 0 Å². The average molecular weight is 2090 g/mol. The van der Waals surface area contributed by atoms with Crippen molar-refractivity contribution in [1.82, 2.24) is 0 Å². The van der Waals surface area contributed by atoms with Gasteiger partial charge in [0.1, 0.15) is 114 Å². The lowest BCUT2D eigenvalue weighted by atomic mass is 10.1. The van der Waals surface area contributed by atoms with Crippen LogP contribution in [0.5, 0.6) is 69.0 Å². The Bertz CT molecular complexity index is 5210. The first-order valence-corrected chi connectivity index (χ1v) is 50.3. The summed E-state index contributed by atoms with van der Waals surface area (Å²) in [5, 5.41) is -1.67. The topological polar surface area (TPSA) is 213 Å². The van der Waals surface area contributed by atoms with E-state index in [0.29, 0.717) is 71.5 Å². The number of benzene rings is 12. The highest BCUT2D eigenvalue weighted by atomic mass is 127. The van der Waals surface area contributed by atoms with Gasteiger partial charge in [-0.2, -0.15) is 0 Å². The molecule has 0 amide bonds. The number of rotatable bonds is 24. The zero-order valence-electron chi connectivity index (χ0n) is 76.4. The largest absolute Gasteiger partial charge is 0.488 e. The fourth-order valence-corrected chi connectivity index (χ4v) is 14.6. The average Bonchev–Trinajstić information content (AvgIpc) is 0.849. The van der Waals surface area contributed by atoms with Gasteiger partial charge in [0.2, 0.25) is 0 Å². The molecule has 0 aliphatic heterocycles. The molecule has 0 fully saturated rings. The van der Waals surface area contributed by atoms with Gasteiger partial charge in [0, 0.05) is 30.3 Å². The SMILES string of the molecule is CSC(=O)Oc1cccc(Br)c1COc1ccc(C)cc1C.CSC(=O)Oc1cccc(C)c1COc1ccc(C)cc1C.CSC(=O)Oc1cccc(Cl)c1COc1ccc(C)cc1C.CSC(=O)Oc1cccc(F)c1COc1ccc(C)cc1C.CSC(=O)Oc1cccc(I)c1COc1ccc(C)cc1C.CSC(=O)Oc1ccccc1COc1ccc(C)cc1C. The Balaban J connectivity index is 0.000000215. The van der Waals surface area contributed by atoms with Crippen LogP contribution in [0.1, 0.15) is 106 Å². The third kappa shape index (κ3) is 36.0. The van der Waals surface area contributed by atoms with E-state index < -0.39 is 11.1 Å². The fraction of sp³-hybridized carbons (Fsp3) is 0.243. The number of carbonyl (C=O) groups excluding carboxylic acids is 6. The van der Waals surface area contributed by atoms with Gasteiger partial charge in [-0.25, -0.2) is 33.2 Å². The Morgan fingerprint density at radius 3 is 0.901 bits per heavy atom. The molecule has 0 bridgehead atoms. The quantitative estimate of drug-likeness (QED) is 0.0406. The maximum absolute atomic E-state index is 14.0. The highest BCUT2D eigenvalue weighted by molar-refractivity contribution is 14.1. The summed E-state index contributed by atoms with van der Waals surface area (Å²) in [5.41, 5.74) is 18.8. The normalized spacial score (nSPS) is 10.3. The summed E-state index contributed by atoms with van der Waals surface area (Å²) < 4.78 is 82.6. The van der Waals surface area contributed by atoms with Gasteiger partial charge in [0.05, 0.1) is 16.1 Å². The van der Waals surface area contributed by atoms with Crippen LogP contribution in [0.3, 0.4) is 0 Å². The van der Waals surface area contributed by atoms with E-state index in [9.17, 15) is 33.2 Å². The molecule has 0 atom stereocenters. The Kier molecular flexibility index (Phi) is 46.1. The molecular weight excluding hydrogens is 1980 g/mol.